The second-order valence-corrected chi connectivity index (χ2v) is 6.43. The van der Waals surface area contributed by atoms with Crippen molar-refractivity contribution in [3.05, 3.63) is 65.2 Å². The minimum absolute atomic E-state index is 0.0147. The van der Waals surface area contributed by atoms with Crippen molar-refractivity contribution in [3.8, 4) is 0 Å². The average molecular weight is 333 g/mol. The van der Waals surface area contributed by atoms with E-state index >= 15 is 0 Å². The SMILES string of the molecule is CC(=NOS(=O)(=O)c1ccc(C)cc1)c1ccc(C(=O)O)cc1. The van der Waals surface area contributed by atoms with Gasteiger partial charge in [-0.05, 0) is 43.7 Å². The van der Waals surface area contributed by atoms with Crippen molar-refractivity contribution in [2.45, 2.75) is 18.7 Å². The van der Waals surface area contributed by atoms with Crippen molar-refractivity contribution in [1.29, 1.82) is 0 Å². The van der Waals surface area contributed by atoms with E-state index in [9.17, 15) is 13.2 Å². The molecule has 6 nitrogen and oxygen atoms in total. The first kappa shape index (κ1) is 16.7. The highest BCUT2D eigenvalue weighted by Crippen LogP contribution is 2.14. The molecule has 7 heteroatoms. The van der Waals surface area contributed by atoms with Crippen molar-refractivity contribution < 1.29 is 22.6 Å². The van der Waals surface area contributed by atoms with Gasteiger partial charge >= 0.3 is 16.1 Å². The molecular weight excluding hydrogens is 318 g/mol. The third-order valence-corrected chi connectivity index (χ3v) is 4.25. The first-order chi connectivity index (χ1) is 10.8. The number of aryl methyl sites for hydroxylation is 1. The molecule has 0 aliphatic rings. The van der Waals surface area contributed by atoms with Crippen LogP contribution in [0.3, 0.4) is 0 Å². The highest BCUT2D eigenvalue weighted by Gasteiger charge is 2.15. The van der Waals surface area contributed by atoms with Crippen molar-refractivity contribution in [1.82, 2.24) is 0 Å². The van der Waals surface area contributed by atoms with E-state index in [0.29, 0.717) is 11.3 Å². The average Bonchev–Trinajstić information content (AvgIpc) is 2.53. The fourth-order valence-corrected chi connectivity index (χ4v) is 2.53. The van der Waals surface area contributed by atoms with Crippen LogP contribution in [0.2, 0.25) is 0 Å². The van der Waals surface area contributed by atoms with E-state index in [0.717, 1.165) is 5.56 Å². The Bertz CT molecular complexity index is 837. The quantitative estimate of drug-likeness (QED) is 0.671. The van der Waals surface area contributed by atoms with Crippen LogP contribution in [0.5, 0.6) is 0 Å². The number of carboxylic acid groups (broad SMARTS) is 1. The molecule has 1 N–H and O–H groups in total. The Labute approximate surface area is 134 Å². The van der Waals surface area contributed by atoms with Gasteiger partial charge in [0.25, 0.3) is 0 Å². The van der Waals surface area contributed by atoms with Crippen LogP contribution >= 0.6 is 0 Å². The number of carbonyl (C=O) groups is 1. The second kappa shape index (κ2) is 6.62. The van der Waals surface area contributed by atoms with Gasteiger partial charge in [-0.1, -0.05) is 35.0 Å². The van der Waals surface area contributed by atoms with E-state index in [1.807, 2.05) is 6.92 Å². The molecule has 2 aromatic rings. The number of benzene rings is 2. The monoisotopic (exact) mass is 333 g/mol. The number of hydrogen-bond acceptors (Lipinski definition) is 5. The lowest BCUT2D eigenvalue weighted by Crippen LogP contribution is -2.05. The van der Waals surface area contributed by atoms with E-state index < -0.39 is 16.1 Å². The molecule has 0 heterocycles. The minimum Gasteiger partial charge on any atom is -0.478 e. The van der Waals surface area contributed by atoms with Gasteiger partial charge < -0.3 is 5.11 Å². The maximum atomic E-state index is 12.0. The Morgan fingerprint density at radius 2 is 1.52 bits per heavy atom. The summed E-state index contributed by atoms with van der Waals surface area (Å²) in [5.74, 6) is -1.04. The van der Waals surface area contributed by atoms with Gasteiger partial charge in [-0.2, -0.15) is 8.42 Å². The van der Waals surface area contributed by atoms with E-state index in [2.05, 4.69) is 5.16 Å². The van der Waals surface area contributed by atoms with E-state index in [1.54, 1.807) is 19.1 Å². The molecule has 2 aromatic carbocycles. The van der Waals surface area contributed by atoms with Gasteiger partial charge in [-0.25, -0.2) is 4.79 Å². The summed E-state index contributed by atoms with van der Waals surface area (Å²) in [5.41, 5.74) is 1.95. The van der Waals surface area contributed by atoms with Gasteiger partial charge in [0.2, 0.25) is 0 Å². The molecule has 0 radical (unpaired) electrons. The number of carboxylic acids is 1. The van der Waals surface area contributed by atoms with E-state index in [-0.39, 0.29) is 10.5 Å². The number of nitrogens with zero attached hydrogens (tertiary/aromatic N) is 1. The molecular formula is C16H15NO5S. The predicted molar refractivity (Wildman–Crippen MR) is 85.1 cm³/mol. The normalized spacial score (nSPS) is 12.0. The molecule has 120 valence electrons. The Hall–Kier alpha value is -2.67. The highest BCUT2D eigenvalue weighted by molar-refractivity contribution is 7.86. The summed E-state index contributed by atoms with van der Waals surface area (Å²) in [4.78, 5) is 10.8. The van der Waals surface area contributed by atoms with Gasteiger partial charge in [0.1, 0.15) is 4.90 Å². The number of aromatic carboxylic acids is 1. The lowest BCUT2D eigenvalue weighted by molar-refractivity contribution is 0.0697. The number of oxime groups is 1. The molecule has 0 atom stereocenters. The predicted octanol–water partition coefficient (Wildman–Crippen LogP) is 2.82. The second-order valence-electron chi connectivity index (χ2n) is 4.90. The molecule has 0 fully saturated rings. The molecule has 0 spiro atoms. The maximum absolute atomic E-state index is 12.0. The third kappa shape index (κ3) is 4.17. The molecule has 0 saturated carbocycles. The molecule has 0 aliphatic carbocycles. The summed E-state index contributed by atoms with van der Waals surface area (Å²) in [6.07, 6.45) is 0. The summed E-state index contributed by atoms with van der Waals surface area (Å²) in [5, 5.41) is 12.5. The zero-order valence-corrected chi connectivity index (χ0v) is 13.4. The van der Waals surface area contributed by atoms with Gasteiger partial charge in [-0.15, -0.1) is 0 Å². The lowest BCUT2D eigenvalue weighted by atomic mass is 10.1. The van der Waals surface area contributed by atoms with Crippen molar-refractivity contribution in [3.63, 3.8) is 0 Å². The molecule has 0 aliphatic heterocycles. The van der Waals surface area contributed by atoms with Gasteiger partial charge in [0, 0.05) is 0 Å². The standard InChI is InChI=1S/C16H15NO5S/c1-11-3-9-15(10-4-11)23(20,21)22-17-12(2)13-5-7-14(8-6-13)16(18)19/h3-10H,1-2H3,(H,18,19). The van der Waals surface area contributed by atoms with Crippen molar-refractivity contribution >= 4 is 21.8 Å². The molecule has 0 saturated heterocycles. The molecule has 2 rings (SSSR count). The summed E-state index contributed by atoms with van der Waals surface area (Å²) in [6.45, 7) is 3.42. The summed E-state index contributed by atoms with van der Waals surface area (Å²) < 4.78 is 28.7. The van der Waals surface area contributed by atoms with Crippen LogP contribution in [-0.2, 0) is 14.4 Å². The van der Waals surface area contributed by atoms with E-state index in [4.69, 9.17) is 9.39 Å². The summed E-state index contributed by atoms with van der Waals surface area (Å²) in [7, 11) is -3.98. The molecule has 0 aromatic heterocycles. The first-order valence-corrected chi connectivity index (χ1v) is 8.09. The van der Waals surface area contributed by atoms with Gasteiger partial charge in [-0.3, -0.25) is 4.28 Å². The van der Waals surface area contributed by atoms with Gasteiger partial charge in [0.15, 0.2) is 0 Å². The first-order valence-electron chi connectivity index (χ1n) is 6.68. The van der Waals surface area contributed by atoms with Crippen LogP contribution in [0.15, 0.2) is 58.6 Å². The summed E-state index contributed by atoms with van der Waals surface area (Å²) in [6, 6.07) is 12.1. The molecule has 0 unspecified atom stereocenters. The highest BCUT2D eigenvalue weighted by atomic mass is 32.2. The number of rotatable bonds is 5. The topological polar surface area (TPSA) is 93.0 Å². The lowest BCUT2D eigenvalue weighted by Gasteiger charge is -2.04. The van der Waals surface area contributed by atoms with Crippen LogP contribution in [-0.4, -0.2) is 25.2 Å². The maximum Gasteiger partial charge on any atom is 0.358 e. The fourth-order valence-electron chi connectivity index (χ4n) is 1.76. The molecule has 23 heavy (non-hydrogen) atoms. The van der Waals surface area contributed by atoms with Crippen LogP contribution in [0.1, 0.15) is 28.4 Å². The molecule has 0 amide bonds. The zero-order valence-electron chi connectivity index (χ0n) is 12.6. The van der Waals surface area contributed by atoms with Crippen molar-refractivity contribution in [2.75, 3.05) is 0 Å². The van der Waals surface area contributed by atoms with Gasteiger partial charge in [0.05, 0.1) is 11.3 Å². The van der Waals surface area contributed by atoms with Crippen LogP contribution in [0, 0.1) is 6.92 Å². The van der Waals surface area contributed by atoms with Crippen molar-refractivity contribution in [2.24, 2.45) is 5.16 Å². The summed E-state index contributed by atoms with van der Waals surface area (Å²) >= 11 is 0. The fraction of sp³-hybridized carbons (Fsp3) is 0.125. The Kier molecular flexibility index (Phi) is 4.80. The third-order valence-electron chi connectivity index (χ3n) is 3.13. The minimum atomic E-state index is -3.98. The Morgan fingerprint density at radius 1 is 1.00 bits per heavy atom. The van der Waals surface area contributed by atoms with Crippen LogP contribution in [0.25, 0.3) is 0 Å². The Morgan fingerprint density at radius 3 is 2.04 bits per heavy atom. The Balaban J connectivity index is 2.18. The largest absolute Gasteiger partial charge is 0.478 e. The number of hydrogen-bond donors (Lipinski definition) is 1. The zero-order chi connectivity index (χ0) is 17.0. The molecule has 0 bridgehead atoms. The van der Waals surface area contributed by atoms with Crippen LogP contribution < -0.4 is 0 Å². The smallest absolute Gasteiger partial charge is 0.358 e. The van der Waals surface area contributed by atoms with E-state index in [1.165, 1.54) is 36.4 Å². The van der Waals surface area contributed by atoms with Crippen LogP contribution in [0.4, 0.5) is 0 Å².